The molecule has 1 N–H and O–H groups in total. The SMILES string of the molecule is CCCCC(C)c1cc(OS(=O)(=O)c2c(C(C)C)cc(C(C)C)cc2C(C)C)cc(C2CCCC2)c1S(=O)(=O)O. The number of benzene rings is 2. The molecule has 0 bridgehead atoms. The van der Waals surface area contributed by atoms with Crippen molar-refractivity contribution in [1.29, 1.82) is 0 Å². The Bertz CT molecular complexity index is 1370. The van der Waals surface area contributed by atoms with Crippen molar-refractivity contribution in [1.82, 2.24) is 0 Å². The molecule has 1 saturated carbocycles. The zero-order valence-corrected chi connectivity index (χ0v) is 27.1. The minimum atomic E-state index is -4.54. The van der Waals surface area contributed by atoms with E-state index in [2.05, 4.69) is 20.8 Å². The first-order chi connectivity index (χ1) is 18.6. The van der Waals surface area contributed by atoms with Crippen LogP contribution in [0.25, 0.3) is 0 Å². The third-order valence-electron chi connectivity index (χ3n) is 8.23. The van der Waals surface area contributed by atoms with Crippen molar-refractivity contribution in [2.45, 2.75) is 140 Å². The maximum absolute atomic E-state index is 14.1. The van der Waals surface area contributed by atoms with Gasteiger partial charge in [-0.3, -0.25) is 4.55 Å². The van der Waals surface area contributed by atoms with Crippen molar-refractivity contribution in [2.75, 3.05) is 0 Å². The maximum atomic E-state index is 14.1. The molecule has 1 unspecified atom stereocenters. The largest absolute Gasteiger partial charge is 0.379 e. The first-order valence-electron chi connectivity index (χ1n) is 14.9. The third-order valence-corrected chi connectivity index (χ3v) is 10.6. The molecule has 0 radical (unpaired) electrons. The van der Waals surface area contributed by atoms with E-state index in [-0.39, 0.29) is 45.1 Å². The summed E-state index contributed by atoms with van der Waals surface area (Å²) < 4.78 is 70.0. The van der Waals surface area contributed by atoms with Crippen LogP contribution in [-0.4, -0.2) is 21.4 Å². The average Bonchev–Trinajstić information content (AvgIpc) is 3.39. The Morgan fingerprint density at radius 3 is 1.80 bits per heavy atom. The van der Waals surface area contributed by atoms with Crippen LogP contribution in [0.5, 0.6) is 5.75 Å². The van der Waals surface area contributed by atoms with E-state index < -0.39 is 20.2 Å². The fourth-order valence-electron chi connectivity index (χ4n) is 5.91. The van der Waals surface area contributed by atoms with E-state index >= 15 is 0 Å². The molecular weight excluding hydrogens is 544 g/mol. The van der Waals surface area contributed by atoms with Crippen LogP contribution in [0.3, 0.4) is 0 Å². The van der Waals surface area contributed by atoms with Gasteiger partial charge in [0.15, 0.2) is 0 Å². The lowest BCUT2D eigenvalue weighted by Crippen LogP contribution is -2.18. The highest BCUT2D eigenvalue weighted by atomic mass is 32.2. The first-order valence-corrected chi connectivity index (χ1v) is 17.7. The third kappa shape index (κ3) is 7.29. The summed E-state index contributed by atoms with van der Waals surface area (Å²) in [5.41, 5.74) is 3.41. The van der Waals surface area contributed by atoms with Gasteiger partial charge in [0, 0.05) is 0 Å². The molecule has 1 fully saturated rings. The zero-order valence-electron chi connectivity index (χ0n) is 25.5. The summed E-state index contributed by atoms with van der Waals surface area (Å²) in [5, 5.41) is 0. The van der Waals surface area contributed by atoms with Gasteiger partial charge < -0.3 is 4.18 Å². The monoisotopic (exact) mass is 592 g/mol. The molecule has 0 amide bonds. The Morgan fingerprint density at radius 1 is 0.800 bits per heavy atom. The molecule has 2 aromatic rings. The summed E-state index contributed by atoms with van der Waals surface area (Å²) in [6.45, 7) is 16.1. The Morgan fingerprint density at radius 2 is 1.35 bits per heavy atom. The van der Waals surface area contributed by atoms with Crippen LogP contribution in [0.15, 0.2) is 34.1 Å². The highest BCUT2D eigenvalue weighted by Crippen LogP contribution is 2.44. The Balaban J connectivity index is 2.27. The van der Waals surface area contributed by atoms with E-state index in [1.54, 1.807) is 6.07 Å². The van der Waals surface area contributed by atoms with E-state index in [4.69, 9.17) is 4.18 Å². The number of rotatable bonds is 12. The molecule has 3 rings (SSSR count). The maximum Gasteiger partial charge on any atom is 0.339 e. The predicted molar refractivity (Wildman–Crippen MR) is 162 cm³/mol. The van der Waals surface area contributed by atoms with Gasteiger partial charge in [-0.25, -0.2) is 0 Å². The predicted octanol–water partition coefficient (Wildman–Crippen LogP) is 9.02. The van der Waals surface area contributed by atoms with Crippen molar-refractivity contribution < 1.29 is 25.6 Å². The average molecular weight is 593 g/mol. The molecule has 1 atom stereocenters. The van der Waals surface area contributed by atoms with Gasteiger partial charge in [-0.1, -0.05) is 93.2 Å². The van der Waals surface area contributed by atoms with E-state index in [1.807, 2.05) is 46.8 Å². The minimum absolute atomic E-state index is 0.0508. The molecular formula is C32H48O6S2. The van der Waals surface area contributed by atoms with Crippen molar-refractivity contribution in [3.05, 3.63) is 52.1 Å². The van der Waals surface area contributed by atoms with Gasteiger partial charge >= 0.3 is 10.1 Å². The summed E-state index contributed by atoms with van der Waals surface area (Å²) >= 11 is 0. The van der Waals surface area contributed by atoms with Gasteiger partial charge in [-0.05, 0) is 88.8 Å². The van der Waals surface area contributed by atoms with Crippen molar-refractivity contribution in [3.8, 4) is 5.75 Å². The van der Waals surface area contributed by atoms with Gasteiger partial charge in [0.05, 0.1) is 0 Å². The van der Waals surface area contributed by atoms with Gasteiger partial charge in [0.1, 0.15) is 15.5 Å². The summed E-state index contributed by atoms with van der Waals surface area (Å²) in [6, 6.07) is 7.01. The lowest BCUT2D eigenvalue weighted by atomic mass is 9.89. The quantitative estimate of drug-likeness (QED) is 0.195. The Hall–Kier alpha value is -1.90. The van der Waals surface area contributed by atoms with Gasteiger partial charge in [0.25, 0.3) is 10.1 Å². The van der Waals surface area contributed by atoms with Crippen LogP contribution in [-0.2, 0) is 20.2 Å². The van der Waals surface area contributed by atoms with Crippen molar-refractivity contribution in [3.63, 3.8) is 0 Å². The van der Waals surface area contributed by atoms with Gasteiger partial charge in [-0.15, -0.1) is 0 Å². The highest BCUT2D eigenvalue weighted by Gasteiger charge is 2.33. The number of hydrogen-bond donors (Lipinski definition) is 1. The van der Waals surface area contributed by atoms with Crippen LogP contribution in [0.1, 0.15) is 158 Å². The molecule has 0 aliphatic heterocycles. The van der Waals surface area contributed by atoms with E-state index in [9.17, 15) is 21.4 Å². The first kappa shape index (κ1) is 32.6. The molecule has 2 aromatic carbocycles. The van der Waals surface area contributed by atoms with Crippen LogP contribution in [0.2, 0.25) is 0 Å². The second-order valence-electron chi connectivity index (χ2n) is 12.5. The molecule has 0 saturated heterocycles. The molecule has 40 heavy (non-hydrogen) atoms. The second-order valence-corrected chi connectivity index (χ2v) is 15.3. The summed E-state index contributed by atoms with van der Waals surface area (Å²) in [4.78, 5) is 0.128. The van der Waals surface area contributed by atoms with E-state index in [1.165, 1.54) is 6.07 Å². The summed E-state index contributed by atoms with van der Waals surface area (Å²) in [6.07, 6.45) is 6.01. The molecule has 0 aromatic heterocycles. The Labute approximate surface area is 242 Å². The topological polar surface area (TPSA) is 97.7 Å². The summed E-state index contributed by atoms with van der Waals surface area (Å²) in [5.74, 6) is -0.0452. The summed E-state index contributed by atoms with van der Waals surface area (Å²) in [7, 11) is -8.81. The van der Waals surface area contributed by atoms with Crippen LogP contribution < -0.4 is 4.18 Å². The van der Waals surface area contributed by atoms with Crippen LogP contribution in [0.4, 0.5) is 0 Å². The minimum Gasteiger partial charge on any atom is -0.379 e. The smallest absolute Gasteiger partial charge is 0.339 e. The van der Waals surface area contributed by atoms with Crippen LogP contribution in [0, 0.1) is 0 Å². The lowest BCUT2D eigenvalue weighted by molar-refractivity contribution is 0.472. The molecule has 6 nitrogen and oxygen atoms in total. The standard InChI is InChI=1S/C32H48O6S2/c1-9-10-13-23(8)29-18-26(19-30(24-14-11-12-15-24)31(29)39(33,34)35)38-40(36,37)32-27(21(4)5)16-25(20(2)3)17-28(32)22(6)7/h16-24H,9-15H2,1-8H3,(H,33,34,35). The van der Waals surface area contributed by atoms with E-state index in [0.717, 1.165) is 55.2 Å². The molecule has 1 aliphatic carbocycles. The molecule has 1 aliphatic rings. The normalized spacial score (nSPS) is 15.9. The fraction of sp³-hybridized carbons (Fsp3) is 0.625. The van der Waals surface area contributed by atoms with E-state index in [0.29, 0.717) is 17.5 Å². The number of unbranched alkanes of at least 4 members (excludes halogenated alkanes) is 1. The lowest BCUT2D eigenvalue weighted by Gasteiger charge is -2.24. The Kier molecular flexibility index (Phi) is 10.6. The zero-order chi connectivity index (χ0) is 30.0. The van der Waals surface area contributed by atoms with Gasteiger partial charge in [-0.2, -0.15) is 16.8 Å². The number of hydrogen-bond acceptors (Lipinski definition) is 5. The molecule has 224 valence electrons. The molecule has 8 heteroatoms. The van der Waals surface area contributed by atoms with Gasteiger partial charge in [0.2, 0.25) is 0 Å². The van der Waals surface area contributed by atoms with Crippen molar-refractivity contribution >= 4 is 20.2 Å². The fourth-order valence-corrected chi connectivity index (χ4v) is 8.59. The molecule has 0 heterocycles. The van der Waals surface area contributed by atoms with Crippen molar-refractivity contribution in [2.24, 2.45) is 0 Å². The van der Waals surface area contributed by atoms with Crippen LogP contribution >= 0.6 is 0 Å². The highest BCUT2D eigenvalue weighted by molar-refractivity contribution is 7.87. The second kappa shape index (κ2) is 13.0. The molecule has 0 spiro atoms.